The molecule has 4 nitrogen and oxygen atoms in total. The first-order valence-corrected chi connectivity index (χ1v) is 10.4. The average Bonchev–Trinajstić information content (AvgIpc) is 2.99. The normalized spacial score (nSPS) is 12.0. The number of rotatable bonds is 8. The third-order valence-electron chi connectivity index (χ3n) is 2.88. The van der Waals surface area contributed by atoms with Crippen molar-refractivity contribution in [1.29, 1.82) is 0 Å². The number of thioether (sulfide) groups is 2. The second-order valence-corrected chi connectivity index (χ2v) is 9.07. The number of benzene rings is 1. The maximum atomic E-state index is 12.1. The Balaban J connectivity index is 1.79. The van der Waals surface area contributed by atoms with Crippen LogP contribution in [0.25, 0.3) is 0 Å². The van der Waals surface area contributed by atoms with Crippen LogP contribution in [0, 0.1) is 0 Å². The molecule has 0 aliphatic rings. The average molecular weight is 400 g/mol. The number of aromatic nitrogens is 2. The minimum absolute atomic E-state index is 0.0428. The molecule has 128 valence electrons. The van der Waals surface area contributed by atoms with Gasteiger partial charge >= 0.3 is 0 Å². The summed E-state index contributed by atoms with van der Waals surface area (Å²) < 4.78 is 1.69. The number of halogens is 1. The quantitative estimate of drug-likeness (QED) is 0.509. The Morgan fingerprint density at radius 2 is 2.00 bits per heavy atom. The van der Waals surface area contributed by atoms with Gasteiger partial charge in [-0.15, -0.1) is 10.2 Å². The van der Waals surface area contributed by atoms with Crippen molar-refractivity contribution in [3.05, 3.63) is 47.0 Å². The SMILES string of the molecule is C=C(C)CSc1nnc(SCC(=O)N[C@@H](C)c2cccc(Cl)c2)s1. The molecule has 2 aromatic rings. The molecule has 1 atom stereocenters. The van der Waals surface area contributed by atoms with Gasteiger partial charge in [0.2, 0.25) is 5.91 Å². The molecule has 1 aromatic heterocycles. The fourth-order valence-electron chi connectivity index (χ4n) is 1.77. The highest BCUT2D eigenvalue weighted by atomic mass is 35.5. The molecule has 8 heteroatoms. The van der Waals surface area contributed by atoms with Gasteiger partial charge < -0.3 is 5.32 Å². The van der Waals surface area contributed by atoms with Crippen molar-refractivity contribution in [1.82, 2.24) is 15.5 Å². The van der Waals surface area contributed by atoms with Crippen LogP contribution in [0.2, 0.25) is 5.02 Å². The van der Waals surface area contributed by atoms with Gasteiger partial charge in [-0.1, -0.05) is 70.7 Å². The van der Waals surface area contributed by atoms with E-state index < -0.39 is 0 Å². The van der Waals surface area contributed by atoms with E-state index in [1.807, 2.05) is 38.1 Å². The maximum Gasteiger partial charge on any atom is 0.230 e. The zero-order chi connectivity index (χ0) is 17.5. The summed E-state index contributed by atoms with van der Waals surface area (Å²) in [6.07, 6.45) is 0. The van der Waals surface area contributed by atoms with Crippen molar-refractivity contribution in [2.24, 2.45) is 0 Å². The molecule has 0 unspecified atom stereocenters. The lowest BCUT2D eigenvalue weighted by Crippen LogP contribution is -2.28. The highest BCUT2D eigenvalue weighted by Gasteiger charge is 2.12. The third kappa shape index (κ3) is 6.47. The van der Waals surface area contributed by atoms with Crippen LogP contribution < -0.4 is 5.32 Å². The van der Waals surface area contributed by atoms with E-state index in [1.54, 1.807) is 11.8 Å². The molecule has 0 spiro atoms. The molecule has 0 aliphatic heterocycles. The zero-order valence-corrected chi connectivity index (χ0v) is 16.6. The first-order valence-electron chi connectivity index (χ1n) is 7.22. The molecule has 0 bridgehead atoms. The lowest BCUT2D eigenvalue weighted by molar-refractivity contribution is -0.119. The molecule has 0 saturated carbocycles. The van der Waals surface area contributed by atoms with E-state index in [-0.39, 0.29) is 11.9 Å². The van der Waals surface area contributed by atoms with Crippen LogP contribution >= 0.6 is 46.5 Å². The largest absolute Gasteiger partial charge is 0.349 e. The van der Waals surface area contributed by atoms with Gasteiger partial charge in [0.25, 0.3) is 0 Å². The molecule has 1 amide bonds. The Labute approximate surface area is 159 Å². The Morgan fingerprint density at radius 1 is 1.33 bits per heavy atom. The highest BCUT2D eigenvalue weighted by molar-refractivity contribution is 8.03. The van der Waals surface area contributed by atoms with Gasteiger partial charge in [-0.3, -0.25) is 4.79 Å². The predicted molar refractivity (Wildman–Crippen MR) is 104 cm³/mol. The summed E-state index contributed by atoms with van der Waals surface area (Å²) in [5, 5.41) is 11.8. The van der Waals surface area contributed by atoms with E-state index in [9.17, 15) is 4.79 Å². The van der Waals surface area contributed by atoms with Crippen LogP contribution in [0.15, 0.2) is 45.1 Å². The Hall–Kier alpha value is -1.02. The smallest absolute Gasteiger partial charge is 0.230 e. The monoisotopic (exact) mass is 399 g/mol. The standard InChI is InChI=1S/C16H18ClN3OS3/c1-10(2)8-22-15-19-20-16(24-15)23-9-14(21)18-11(3)12-5-4-6-13(17)7-12/h4-7,11H,1,8-9H2,2-3H3,(H,18,21)/t11-/m0/s1. The van der Waals surface area contributed by atoms with E-state index in [0.29, 0.717) is 10.8 Å². The molecule has 0 saturated heterocycles. The van der Waals surface area contributed by atoms with Crippen LogP contribution in [0.3, 0.4) is 0 Å². The first kappa shape index (κ1) is 19.3. The number of hydrogen-bond donors (Lipinski definition) is 1. The first-order chi connectivity index (χ1) is 11.4. The summed E-state index contributed by atoms with van der Waals surface area (Å²) >= 11 is 10.5. The molecule has 24 heavy (non-hydrogen) atoms. The number of carbonyl (C=O) groups excluding carboxylic acids is 1. The lowest BCUT2D eigenvalue weighted by Gasteiger charge is -2.14. The second kappa shape index (κ2) is 9.46. The van der Waals surface area contributed by atoms with Crippen molar-refractivity contribution in [2.75, 3.05) is 11.5 Å². The fraction of sp³-hybridized carbons (Fsp3) is 0.312. The van der Waals surface area contributed by atoms with Crippen LogP contribution in [0.4, 0.5) is 0 Å². The number of nitrogens with zero attached hydrogens (tertiary/aromatic N) is 2. The molecular weight excluding hydrogens is 382 g/mol. The molecule has 0 aliphatic carbocycles. The number of hydrogen-bond acceptors (Lipinski definition) is 6. The van der Waals surface area contributed by atoms with Gasteiger partial charge in [0, 0.05) is 10.8 Å². The zero-order valence-electron chi connectivity index (χ0n) is 13.4. The maximum absolute atomic E-state index is 12.1. The van der Waals surface area contributed by atoms with Gasteiger partial charge in [-0.05, 0) is 31.5 Å². The molecule has 2 rings (SSSR count). The van der Waals surface area contributed by atoms with Gasteiger partial charge in [0.1, 0.15) is 0 Å². The fourth-order valence-corrected chi connectivity index (χ4v) is 4.64. The van der Waals surface area contributed by atoms with Gasteiger partial charge in [-0.2, -0.15) is 0 Å². The van der Waals surface area contributed by atoms with Crippen molar-refractivity contribution in [3.63, 3.8) is 0 Å². The van der Waals surface area contributed by atoms with Crippen LogP contribution in [-0.4, -0.2) is 27.6 Å². The Morgan fingerprint density at radius 3 is 2.62 bits per heavy atom. The predicted octanol–water partition coefficient (Wildman–Crippen LogP) is 4.83. The minimum atomic E-state index is -0.0899. The Kier molecular flexibility index (Phi) is 7.61. The van der Waals surface area contributed by atoms with Crippen LogP contribution in [0.1, 0.15) is 25.5 Å². The topological polar surface area (TPSA) is 54.9 Å². The molecule has 1 N–H and O–H groups in total. The molecular formula is C16H18ClN3OS3. The van der Waals surface area contributed by atoms with E-state index in [2.05, 4.69) is 22.1 Å². The molecule has 1 heterocycles. The second-order valence-electron chi connectivity index (χ2n) is 5.21. The number of nitrogens with one attached hydrogen (secondary N) is 1. The van der Waals surface area contributed by atoms with Crippen molar-refractivity contribution >= 4 is 52.4 Å². The van der Waals surface area contributed by atoms with Gasteiger partial charge in [0.05, 0.1) is 11.8 Å². The Bertz CT molecular complexity index is 720. The van der Waals surface area contributed by atoms with Crippen LogP contribution in [-0.2, 0) is 4.79 Å². The molecule has 0 fully saturated rings. The van der Waals surface area contributed by atoms with Crippen molar-refractivity contribution < 1.29 is 4.79 Å². The third-order valence-corrected chi connectivity index (χ3v) is 6.54. The van der Waals surface area contributed by atoms with E-state index in [0.717, 1.165) is 25.6 Å². The summed E-state index contributed by atoms with van der Waals surface area (Å²) in [5.74, 6) is 1.10. The minimum Gasteiger partial charge on any atom is -0.349 e. The molecule has 0 radical (unpaired) electrons. The summed E-state index contributed by atoms with van der Waals surface area (Å²) in [6, 6.07) is 7.40. The van der Waals surface area contributed by atoms with Crippen molar-refractivity contribution in [2.45, 2.75) is 28.6 Å². The lowest BCUT2D eigenvalue weighted by atomic mass is 10.1. The van der Waals surface area contributed by atoms with E-state index in [1.165, 1.54) is 23.1 Å². The van der Waals surface area contributed by atoms with Gasteiger partial charge in [0.15, 0.2) is 8.68 Å². The summed E-state index contributed by atoms with van der Waals surface area (Å²) in [5.41, 5.74) is 2.08. The summed E-state index contributed by atoms with van der Waals surface area (Å²) in [6.45, 7) is 7.78. The summed E-state index contributed by atoms with van der Waals surface area (Å²) in [7, 11) is 0. The van der Waals surface area contributed by atoms with E-state index in [4.69, 9.17) is 11.6 Å². The summed E-state index contributed by atoms with van der Waals surface area (Å²) in [4.78, 5) is 12.1. The number of carbonyl (C=O) groups is 1. The highest BCUT2D eigenvalue weighted by Crippen LogP contribution is 2.29. The van der Waals surface area contributed by atoms with E-state index >= 15 is 0 Å². The molecule has 1 aromatic carbocycles. The number of amides is 1. The van der Waals surface area contributed by atoms with Crippen molar-refractivity contribution in [3.8, 4) is 0 Å². The van der Waals surface area contributed by atoms with Crippen LogP contribution in [0.5, 0.6) is 0 Å². The van der Waals surface area contributed by atoms with Gasteiger partial charge in [-0.25, -0.2) is 0 Å².